The van der Waals surface area contributed by atoms with Gasteiger partial charge in [0, 0.05) is 6.07 Å². The van der Waals surface area contributed by atoms with Gasteiger partial charge in [-0.3, -0.25) is 0 Å². The van der Waals surface area contributed by atoms with Gasteiger partial charge in [0.25, 0.3) is 0 Å². The highest BCUT2D eigenvalue weighted by Crippen LogP contribution is 2.24. The smallest absolute Gasteiger partial charge is 0.326 e. The van der Waals surface area contributed by atoms with E-state index < -0.39 is 23.9 Å². The Morgan fingerprint density at radius 3 is 2.68 bits per heavy atom. The molecule has 104 valence electrons. The molecule has 2 amide bonds. The van der Waals surface area contributed by atoms with E-state index in [4.69, 9.17) is 9.84 Å². The number of urea groups is 1. The molecule has 0 aliphatic carbocycles. The van der Waals surface area contributed by atoms with Crippen molar-refractivity contribution in [3.63, 3.8) is 0 Å². The topological polar surface area (TPSA) is 87.7 Å². The van der Waals surface area contributed by atoms with Crippen LogP contribution < -0.4 is 15.4 Å². The van der Waals surface area contributed by atoms with Gasteiger partial charge in [0.15, 0.2) is 0 Å². The molecule has 0 aromatic heterocycles. The van der Waals surface area contributed by atoms with Crippen LogP contribution in [0, 0.1) is 5.82 Å². The number of rotatable bonds is 5. The summed E-state index contributed by atoms with van der Waals surface area (Å²) in [5.74, 6) is -1.47. The molecule has 1 atom stereocenters. The minimum Gasteiger partial charge on any atom is -0.494 e. The Bertz CT molecular complexity index is 479. The van der Waals surface area contributed by atoms with Crippen LogP contribution in [0.1, 0.15) is 13.3 Å². The molecule has 0 bridgehead atoms. The maximum atomic E-state index is 13.0. The molecule has 1 rings (SSSR count). The van der Waals surface area contributed by atoms with E-state index in [9.17, 15) is 14.0 Å². The molecule has 19 heavy (non-hydrogen) atoms. The predicted molar refractivity (Wildman–Crippen MR) is 66.8 cm³/mol. The minimum absolute atomic E-state index is 0.151. The maximum Gasteiger partial charge on any atom is 0.326 e. The first-order chi connectivity index (χ1) is 8.97. The van der Waals surface area contributed by atoms with Gasteiger partial charge in [-0.15, -0.1) is 0 Å². The fourth-order valence-corrected chi connectivity index (χ4v) is 1.42. The number of amides is 2. The second-order valence-corrected chi connectivity index (χ2v) is 3.74. The highest BCUT2D eigenvalue weighted by Gasteiger charge is 2.18. The van der Waals surface area contributed by atoms with Crippen molar-refractivity contribution in [1.29, 1.82) is 0 Å². The SMILES string of the molecule is CCC(NC(=O)Nc1ccc(F)cc1OC)C(=O)O. The van der Waals surface area contributed by atoms with E-state index in [0.717, 1.165) is 12.1 Å². The van der Waals surface area contributed by atoms with E-state index >= 15 is 0 Å². The molecule has 7 heteroatoms. The molecule has 0 radical (unpaired) electrons. The number of nitrogens with one attached hydrogen (secondary N) is 2. The first kappa shape index (κ1) is 14.7. The Kier molecular flexibility index (Phi) is 5.11. The van der Waals surface area contributed by atoms with Crippen LogP contribution in [0.2, 0.25) is 0 Å². The Morgan fingerprint density at radius 2 is 2.16 bits per heavy atom. The van der Waals surface area contributed by atoms with Gasteiger partial charge in [0.05, 0.1) is 12.8 Å². The summed E-state index contributed by atoms with van der Waals surface area (Å²) in [7, 11) is 1.34. The summed E-state index contributed by atoms with van der Waals surface area (Å²) in [5, 5.41) is 13.5. The molecular weight excluding hydrogens is 255 g/mol. The zero-order valence-electron chi connectivity index (χ0n) is 10.6. The van der Waals surface area contributed by atoms with E-state index in [2.05, 4.69) is 10.6 Å². The van der Waals surface area contributed by atoms with Crippen molar-refractivity contribution in [3.05, 3.63) is 24.0 Å². The third kappa shape index (κ3) is 4.13. The molecule has 0 fully saturated rings. The van der Waals surface area contributed by atoms with Gasteiger partial charge < -0.3 is 20.5 Å². The molecule has 0 heterocycles. The van der Waals surface area contributed by atoms with Crippen molar-refractivity contribution in [2.24, 2.45) is 0 Å². The number of hydrogen-bond acceptors (Lipinski definition) is 3. The van der Waals surface area contributed by atoms with Crippen molar-refractivity contribution in [1.82, 2.24) is 5.32 Å². The molecule has 3 N–H and O–H groups in total. The molecule has 0 saturated heterocycles. The van der Waals surface area contributed by atoms with Gasteiger partial charge in [-0.05, 0) is 18.6 Å². The fraction of sp³-hybridized carbons (Fsp3) is 0.333. The second kappa shape index (κ2) is 6.58. The number of carboxylic acid groups (broad SMARTS) is 1. The van der Waals surface area contributed by atoms with Crippen LogP contribution in [0.5, 0.6) is 5.75 Å². The number of anilines is 1. The predicted octanol–water partition coefficient (Wildman–Crippen LogP) is 1.82. The van der Waals surface area contributed by atoms with E-state index in [1.54, 1.807) is 6.92 Å². The Morgan fingerprint density at radius 1 is 1.47 bits per heavy atom. The first-order valence-corrected chi connectivity index (χ1v) is 5.61. The molecule has 1 aromatic rings. The zero-order valence-corrected chi connectivity index (χ0v) is 10.6. The monoisotopic (exact) mass is 270 g/mol. The van der Waals surface area contributed by atoms with Crippen molar-refractivity contribution in [2.75, 3.05) is 12.4 Å². The summed E-state index contributed by atoms with van der Waals surface area (Å²) in [6, 6.07) is 1.93. The van der Waals surface area contributed by atoms with Gasteiger partial charge in [0.2, 0.25) is 0 Å². The average Bonchev–Trinajstić information content (AvgIpc) is 2.37. The van der Waals surface area contributed by atoms with Crippen LogP contribution in [-0.4, -0.2) is 30.3 Å². The molecule has 0 aliphatic rings. The third-order valence-electron chi connectivity index (χ3n) is 2.42. The van der Waals surface area contributed by atoms with Crippen LogP contribution in [-0.2, 0) is 4.79 Å². The molecule has 0 aliphatic heterocycles. The van der Waals surface area contributed by atoms with Gasteiger partial charge in [-0.2, -0.15) is 0 Å². The normalized spacial score (nSPS) is 11.5. The largest absolute Gasteiger partial charge is 0.494 e. The van der Waals surface area contributed by atoms with Gasteiger partial charge >= 0.3 is 12.0 Å². The number of halogens is 1. The van der Waals surface area contributed by atoms with E-state index in [1.807, 2.05) is 0 Å². The summed E-state index contributed by atoms with van der Waals surface area (Å²) in [5.41, 5.74) is 0.252. The van der Waals surface area contributed by atoms with Crippen molar-refractivity contribution in [2.45, 2.75) is 19.4 Å². The highest BCUT2D eigenvalue weighted by molar-refractivity contribution is 5.93. The Labute approximate surface area is 109 Å². The van der Waals surface area contributed by atoms with Gasteiger partial charge in [0.1, 0.15) is 17.6 Å². The third-order valence-corrected chi connectivity index (χ3v) is 2.42. The molecule has 0 spiro atoms. The second-order valence-electron chi connectivity index (χ2n) is 3.74. The first-order valence-electron chi connectivity index (χ1n) is 5.61. The van der Waals surface area contributed by atoms with Crippen LogP contribution in [0.25, 0.3) is 0 Å². The number of aliphatic carboxylic acids is 1. The minimum atomic E-state index is -1.12. The lowest BCUT2D eigenvalue weighted by molar-refractivity contribution is -0.139. The summed E-state index contributed by atoms with van der Waals surface area (Å²) in [6.45, 7) is 1.64. The summed E-state index contributed by atoms with van der Waals surface area (Å²) >= 11 is 0. The summed E-state index contributed by atoms with van der Waals surface area (Å²) in [6.07, 6.45) is 0.253. The highest BCUT2D eigenvalue weighted by atomic mass is 19.1. The number of hydrogen-bond donors (Lipinski definition) is 3. The molecule has 1 aromatic carbocycles. The zero-order chi connectivity index (χ0) is 14.4. The quantitative estimate of drug-likeness (QED) is 0.761. The fourth-order valence-electron chi connectivity index (χ4n) is 1.42. The Balaban J connectivity index is 2.74. The number of carboxylic acids is 1. The standard InChI is InChI=1S/C12H15FN2O4/c1-3-8(11(16)17)14-12(18)15-9-5-4-7(13)6-10(9)19-2/h4-6,8H,3H2,1-2H3,(H,16,17)(H2,14,15,18). The Hall–Kier alpha value is -2.31. The van der Waals surface area contributed by atoms with Crippen molar-refractivity contribution < 1.29 is 23.8 Å². The molecule has 1 unspecified atom stereocenters. The molecule has 0 saturated carbocycles. The molecular formula is C12H15FN2O4. The maximum absolute atomic E-state index is 13.0. The van der Waals surface area contributed by atoms with E-state index in [0.29, 0.717) is 0 Å². The van der Waals surface area contributed by atoms with Crippen LogP contribution >= 0.6 is 0 Å². The number of ether oxygens (including phenoxy) is 1. The number of carbonyl (C=O) groups is 2. The van der Waals surface area contributed by atoms with E-state index in [-0.39, 0.29) is 17.9 Å². The lowest BCUT2D eigenvalue weighted by Gasteiger charge is -2.14. The van der Waals surface area contributed by atoms with Crippen molar-refractivity contribution in [3.8, 4) is 5.75 Å². The molecule has 6 nitrogen and oxygen atoms in total. The summed E-state index contributed by atoms with van der Waals surface area (Å²) in [4.78, 5) is 22.4. The van der Waals surface area contributed by atoms with E-state index in [1.165, 1.54) is 13.2 Å². The number of benzene rings is 1. The van der Waals surface area contributed by atoms with Crippen LogP contribution in [0.4, 0.5) is 14.9 Å². The lowest BCUT2D eigenvalue weighted by atomic mass is 10.2. The average molecular weight is 270 g/mol. The van der Waals surface area contributed by atoms with Crippen LogP contribution in [0.3, 0.4) is 0 Å². The number of methoxy groups -OCH3 is 1. The van der Waals surface area contributed by atoms with Gasteiger partial charge in [-0.1, -0.05) is 6.92 Å². The van der Waals surface area contributed by atoms with Gasteiger partial charge in [-0.25, -0.2) is 14.0 Å². The number of carbonyl (C=O) groups excluding carboxylic acids is 1. The lowest BCUT2D eigenvalue weighted by Crippen LogP contribution is -2.42. The van der Waals surface area contributed by atoms with Crippen molar-refractivity contribution >= 4 is 17.7 Å². The van der Waals surface area contributed by atoms with Crippen LogP contribution in [0.15, 0.2) is 18.2 Å². The summed E-state index contributed by atoms with van der Waals surface area (Å²) < 4.78 is 17.9.